The highest BCUT2D eigenvalue weighted by molar-refractivity contribution is 4.99. The number of nitrogens with two attached hydrogens (primary N) is 1. The fourth-order valence-electron chi connectivity index (χ4n) is 1.47. The third kappa shape index (κ3) is 1.67. The van der Waals surface area contributed by atoms with Crippen LogP contribution in [0, 0.1) is 6.92 Å². The molecule has 0 aliphatic carbocycles. The Morgan fingerprint density at radius 1 is 1.58 bits per heavy atom. The van der Waals surface area contributed by atoms with Gasteiger partial charge in [-0.25, -0.2) is 4.98 Å². The van der Waals surface area contributed by atoms with Crippen LogP contribution in [0.2, 0.25) is 0 Å². The van der Waals surface area contributed by atoms with E-state index in [1.807, 2.05) is 12.5 Å². The molecule has 3 heteroatoms. The maximum absolute atomic E-state index is 5.54. The summed E-state index contributed by atoms with van der Waals surface area (Å²) < 4.78 is 2.17. The van der Waals surface area contributed by atoms with E-state index in [4.69, 9.17) is 5.73 Å². The summed E-state index contributed by atoms with van der Waals surface area (Å²) in [6.07, 6.45) is 4.72. The average molecular weight is 167 g/mol. The van der Waals surface area contributed by atoms with Crippen molar-refractivity contribution in [1.82, 2.24) is 9.55 Å². The standard InChI is InChI=1S/C9H17N3/c1-8-6-11-7-12(8)9(2,3)4-5-10/h6-7H,4-5,10H2,1-3H3. The molecule has 0 aliphatic rings. The Bertz CT molecular complexity index is 250. The van der Waals surface area contributed by atoms with E-state index in [-0.39, 0.29) is 5.54 Å². The Labute approximate surface area is 73.6 Å². The van der Waals surface area contributed by atoms with Crippen LogP contribution in [0.25, 0.3) is 0 Å². The SMILES string of the molecule is Cc1cncn1C(C)(C)CCN. The lowest BCUT2D eigenvalue weighted by Crippen LogP contribution is -2.29. The second kappa shape index (κ2) is 3.27. The molecule has 0 atom stereocenters. The summed E-state index contributed by atoms with van der Waals surface area (Å²) in [6.45, 7) is 7.12. The molecule has 0 saturated carbocycles. The van der Waals surface area contributed by atoms with Crippen molar-refractivity contribution in [1.29, 1.82) is 0 Å². The molecule has 1 aromatic rings. The maximum Gasteiger partial charge on any atom is 0.0953 e. The summed E-state index contributed by atoms with van der Waals surface area (Å²) in [6, 6.07) is 0. The minimum absolute atomic E-state index is 0.0926. The number of hydrogen-bond donors (Lipinski definition) is 1. The molecule has 0 fully saturated rings. The van der Waals surface area contributed by atoms with Crippen molar-refractivity contribution in [3.8, 4) is 0 Å². The first kappa shape index (κ1) is 9.26. The quantitative estimate of drug-likeness (QED) is 0.737. The van der Waals surface area contributed by atoms with Crippen molar-refractivity contribution < 1.29 is 0 Å². The molecule has 0 radical (unpaired) electrons. The highest BCUT2D eigenvalue weighted by Crippen LogP contribution is 2.20. The van der Waals surface area contributed by atoms with Crippen molar-refractivity contribution >= 4 is 0 Å². The summed E-state index contributed by atoms with van der Waals surface area (Å²) in [7, 11) is 0. The predicted molar refractivity (Wildman–Crippen MR) is 50.0 cm³/mol. The molecule has 0 aliphatic heterocycles. The third-order valence-electron chi connectivity index (χ3n) is 2.23. The van der Waals surface area contributed by atoms with Gasteiger partial charge in [0.1, 0.15) is 0 Å². The Morgan fingerprint density at radius 3 is 2.67 bits per heavy atom. The van der Waals surface area contributed by atoms with Gasteiger partial charge < -0.3 is 10.3 Å². The molecule has 0 unspecified atom stereocenters. The molecule has 1 heterocycles. The number of rotatable bonds is 3. The minimum atomic E-state index is 0.0926. The van der Waals surface area contributed by atoms with Gasteiger partial charge in [0, 0.05) is 17.4 Å². The maximum atomic E-state index is 5.54. The number of aromatic nitrogens is 2. The first-order valence-corrected chi connectivity index (χ1v) is 4.27. The summed E-state index contributed by atoms with van der Waals surface area (Å²) >= 11 is 0. The molecule has 1 rings (SSSR count). The minimum Gasteiger partial charge on any atom is -0.330 e. The van der Waals surface area contributed by atoms with Gasteiger partial charge in [-0.1, -0.05) is 0 Å². The highest BCUT2D eigenvalue weighted by atomic mass is 15.1. The Balaban J connectivity index is 2.88. The van der Waals surface area contributed by atoms with Crippen LogP contribution >= 0.6 is 0 Å². The van der Waals surface area contributed by atoms with Crippen LogP contribution in [0.3, 0.4) is 0 Å². The van der Waals surface area contributed by atoms with Crippen molar-refractivity contribution in [3.63, 3.8) is 0 Å². The molecule has 0 aromatic carbocycles. The van der Waals surface area contributed by atoms with Crippen molar-refractivity contribution in [2.45, 2.75) is 32.7 Å². The predicted octanol–water partition coefficient (Wildman–Crippen LogP) is 1.28. The van der Waals surface area contributed by atoms with Crippen LogP contribution in [0.5, 0.6) is 0 Å². The lowest BCUT2D eigenvalue weighted by molar-refractivity contribution is 0.327. The number of nitrogens with zero attached hydrogens (tertiary/aromatic N) is 2. The van der Waals surface area contributed by atoms with E-state index in [1.54, 1.807) is 0 Å². The summed E-state index contributed by atoms with van der Waals surface area (Å²) in [5, 5.41) is 0. The fraction of sp³-hybridized carbons (Fsp3) is 0.667. The van der Waals surface area contributed by atoms with Gasteiger partial charge >= 0.3 is 0 Å². The van der Waals surface area contributed by atoms with Crippen molar-refractivity contribution in [2.24, 2.45) is 5.73 Å². The average Bonchev–Trinajstić information content (AvgIpc) is 2.35. The first-order valence-electron chi connectivity index (χ1n) is 4.27. The molecule has 12 heavy (non-hydrogen) atoms. The molecule has 2 N–H and O–H groups in total. The normalized spacial score (nSPS) is 12.0. The van der Waals surface area contributed by atoms with Gasteiger partial charge in [0.15, 0.2) is 0 Å². The molecule has 0 amide bonds. The smallest absolute Gasteiger partial charge is 0.0953 e. The zero-order valence-electron chi connectivity index (χ0n) is 8.04. The summed E-state index contributed by atoms with van der Waals surface area (Å²) in [5.41, 5.74) is 6.82. The number of imidazole rings is 1. The topological polar surface area (TPSA) is 43.8 Å². The summed E-state index contributed by atoms with van der Waals surface area (Å²) in [5.74, 6) is 0. The van der Waals surface area contributed by atoms with Crippen LogP contribution in [0.1, 0.15) is 26.0 Å². The monoisotopic (exact) mass is 167 g/mol. The zero-order chi connectivity index (χ0) is 9.19. The molecule has 3 nitrogen and oxygen atoms in total. The third-order valence-corrected chi connectivity index (χ3v) is 2.23. The van der Waals surface area contributed by atoms with Crippen LogP contribution < -0.4 is 5.73 Å². The second-order valence-electron chi connectivity index (χ2n) is 3.76. The number of hydrogen-bond acceptors (Lipinski definition) is 2. The lowest BCUT2D eigenvalue weighted by atomic mass is 10.0. The van der Waals surface area contributed by atoms with E-state index >= 15 is 0 Å². The Kier molecular flexibility index (Phi) is 2.52. The number of aryl methyl sites for hydroxylation is 1. The van der Waals surface area contributed by atoms with E-state index < -0.39 is 0 Å². The van der Waals surface area contributed by atoms with E-state index in [0.29, 0.717) is 6.54 Å². The molecule has 0 saturated heterocycles. The Hall–Kier alpha value is -0.830. The molecular weight excluding hydrogens is 150 g/mol. The fourth-order valence-corrected chi connectivity index (χ4v) is 1.47. The van der Waals surface area contributed by atoms with Crippen molar-refractivity contribution in [2.75, 3.05) is 6.54 Å². The molecule has 68 valence electrons. The van der Waals surface area contributed by atoms with Crippen LogP contribution in [0.4, 0.5) is 0 Å². The van der Waals surface area contributed by atoms with Crippen LogP contribution in [-0.2, 0) is 5.54 Å². The molecule has 1 aromatic heterocycles. The zero-order valence-corrected chi connectivity index (χ0v) is 8.04. The first-order chi connectivity index (χ1) is 5.58. The second-order valence-corrected chi connectivity index (χ2v) is 3.76. The van der Waals surface area contributed by atoms with Gasteiger partial charge in [-0.3, -0.25) is 0 Å². The van der Waals surface area contributed by atoms with Gasteiger partial charge in [0.25, 0.3) is 0 Å². The van der Waals surface area contributed by atoms with Gasteiger partial charge in [0.05, 0.1) is 6.33 Å². The van der Waals surface area contributed by atoms with Crippen molar-refractivity contribution in [3.05, 3.63) is 18.2 Å². The van der Waals surface area contributed by atoms with E-state index in [9.17, 15) is 0 Å². The van der Waals surface area contributed by atoms with Gasteiger partial charge in [0.2, 0.25) is 0 Å². The van der Waals surface area contributed by atoms with Gasteiger partial charge in [-0.2, -0.15) is 0 Å². The largest absolute Gasteiger partial charge is 0.330 e. The molecule has 0 bridgehead atoms. The van der Waals surface area contributed by atoms with Gasteiger partial charge in [-0.05, 0) is 33.7 Å². The van der Waals surface area contributed by atoms with E-state index in [2.05, 4.69) is 30.3 Å². The van der Waals surface area contributed by atoms with Crippen LogP contribution in [0.15, 0.2) is 12.5 Å². The van der Waals surface area contributed by atoms with E-state index in [0.717, 1.165) is 6.42 Å². The van der Waals surface area contributed by atoms with Gasteiger partial charge in [-0.15, -0.1) is 0 Å². The van der Waals surface area contributed by atoms with Crippen LogP contribution in [-0.4, -0.2) is 16.1 Å². The summed E-state index contributed by atoms with van der Waals surface area (Å²) in [4.78, 5) is 4.09. The Morgan fingerprint density at radius 2 is 2.25 bits per heavy atom. The molecule has 0 spiro atoms. The highest BCUT2D eigenvalue weighted by Gasteiger charge is 2.19. The molecular formula is C9H17N3. The van der Waals surface area contributed by atoms with E-state index in [1.165, 1.54) is 5.69 Å². The lowest BCUT2D eigenvalue weighted by Gasteiger charge is -2.27.